The van der Waals surface area contributed by atoms with E-state index in [0.29, 0.717) is 0 Å². The number of hydrogen-bond acceptors (Lipinski definition) is 8. The Kier molecular flexibility index (Phi) is 3.42. The lowest BCUT2D eigenvalue weighted by atomic mass is 10.1. The third kappa shape index (κ3) is 2.52. The molecule has 9 nitrogen and oxygen atoms in total. The topological polar surface area (TPSA) is 158 Å². The van der Waals surface area contributed by atoms with Gasteiger partial charge in [-0.3, -0.25) is 9.78 Å². The Balaban J connectivity index is 2.50. The summed E-state index contributed by atoms with van der Waals surface area (Å²) in [7, 11) is 0. The van der Waals surface area contributed by atoms with Crippen molar-refractivity contribution in [3.8, 4) is 0 Å². The van der Waals surface area contributed by atoms with Crippen LogP contribution in [0.15, 0.2) is 11.0 Å². The Hall–Kier alpha value is -2.10. The molecule has 6 N–H and O–H groups in total. The Bertz CT molecular complexity index is 656. The van der Waals surface area contributed by atoms with Gasteiger partial charge >= 0.3 is 0 Å². The second-order valence-corrected chi connectivity index (χ2v) is 4.09. The van der Waals surface area contributed by atoms with E-state index in [1.165, 1.54) is 6.92 Å². The molecular formula is C10H13N5O4. The van der Waals surface area contributed by atoms with Crippen LogP contribution < -0.4 is 11.3 Å². The van der Waals surface area contributed by atoms with E-state index in [2.05, 4.69) is 19.9 Å². The number of nitrogens with two attached hydrogens (primary N) is 1. The average molecular weight is 267 g/mol. The molecule has 102 valence electrons. The summed E-state index contributed by atoms with van der Waals surface area (Å²) in [6.45, 7) is 1.32. The van der Waals surface area contributed by atoms with Gasteiger partial charge in [0.05, 0.1) is 18.0 Å². The van der Waals surface area contributed by atoms with Gasteiger partial charge in [-0.15, -0.1) is 0 Å². The van der Waals surface area contributed by atoms with Gasteiger partial charge in [-0.1, -0.05) is 0 Å². The molecule has 2 aromatic rings. The van der Waals surface area contributed by atoms with Crippen molar-refractivity contribution in [2.75, 3.05) is 5.73 Å². The molecule has 0 amide bonds. The number of rotatable bonds is 3. The van der Waals surface area contributed by atoms with E-state index in [1.54, 1.807) is 0 Å². The van der Waals surface area contributed by atoms with Crippen molar-refractivity contribution in [2.45, 2.75) is 25.2 Å². The zero-order valence-electron chi connectivity index (χ0n) is 9.98. The van der Waals surface area contributed by atoms with Crippen molar-refractivity contribution in [2.24, 2.45) is 0 Å². The standard InChI is InChI=1S/C10H13N5O4/c1-3(16)6(17)7(18)4-2-12-8-5(13-4)9(19)15-10(11)14-8/h2-3,6-7,16-18H,1H3,(H3,11,12,14,15,19)/t3-,6-,7-/m1/s1. The third-order valence-corrected chi connectivity index (χ3v) is 2.58. The smallest absolute Gasteiger partial charge is 0.280 e. The van der Waals surface area contributed by atoms with Crippen LogP contribution >= 0.6 is 0 Å². The van der Waals surface area contributed by atoms with Crippen molar-refractivity contribution in [3.05, 3.63) is 22.2 Å². The largest absolute Gasteiger partial charge is 0.391 e. The quantitative estimate of drug-likeness (QED) is 0.430. The molecule has 0 aliphatic carbocycles. The Morgan fingerprint density at radius 2 is 2.00 bits per heavy atom. The van der Waals surface area contributed by atoms with E-state index in [1.807, 2.05) is 0 Å². The third-order valence-electron chi connectivity index (χ3n) is 2.58. The predicted octanol–water partition coefficient (Wildman–Crippen LogP) is -1.93. The molecule has 0 unspecified atom stereocenters. The normalized spacial score (nSPS) is 16.2. The van der Waals surface area contributed by atoms with E-state index >= 15 is 0 Å². The predicted molar refractivity (Wildman–Crippen MR) is 65.0 cm³/mol. The van der Waals surface area contributed by atoms with Gasteiger partial charge in [-0.25, -0.2) is 9.97 Å². The molecule has 0 bridgehead atoms. The molecule has 0 saturated carbocycles. The minimum atomic E-state index is -1.46. The second-order valence-electron chi connectivity index (χ2n) is 4.09. The SMILES string of the molecule is C[C@@H](O)[C@@H](O)[C@H](O)c1cnc2nc(N)[nH]c(=O)c2n1. The molecule has 0 aliphatic heterocycles. The molecule has 2 rings (SSSR count). The number of aromatic nitrogens is 4. The van der Waals surface area contributed by atoms with Gasteiger partial charge in [0.2, 0.25) is 5.95 Å². The zero-order valence-corrected chi connectivity index (χ0v) is 9.98. The fourth-order valence-electron chi connectivity index (χ4n) is 1.53. The van der Waals surface area contributed by atoms with Crippen LogP contribution in [0.5, 0.6) is 0 Å². The van der Waals surface area contributed by atoms with Gasteiger partial charge in [-0.05, 0) is 6.92 Å². The van der Waals surface area contributed by atoms with Gasteiger partial charge in [0.1, 0.15) is 12.2 Å². The summed E-state index contributed by atoms with van der Waals surface area (Å²) in [6, 6.07) is 0. The van der Waals surface area contributed by atoms with Crippen molar-refractivity contribution in [1.29, 1.82) is 0 Å². The highest BCUT2D eigenvalue weighted by atomic mass is 16.4. The number of H-pyrrole nitrogens is 1. The van der Waals surface area contributed by atoms with Crippen LogP contribution in [-0.2, 0) is 0 Å². The molecular weight excluding hydrogens is 254 g/mol. The summed E-state index contributed by atoms with van der Waals surface area (Å²) in [4.78, 5) is 25.3. The number of aromatic amines is 1. The van der Waals surface area contributed by atoms with Crippen molar-refractivity contribution < 1.29 is 15.3 Å². The highest BCUT2D eigenvalue weighted by Crippen LogP contribution is 2.17. The molecule has 2 heterocycles. The molecule has 9 heteroatoms. The number of nitrogens with zero attached hydrogens (tertiary/aromatic N) is 3. The van der Waals surface area contributed by atoms with Gasteiger partial charge in [-0.2, -0.15) is 4.98 Å². The number of nitrogen functional groups attached to an aromatic ring is 1. The first kappa shape index (κ1) is 13.3. The number of hydrogen-bond donors (Lipinski definition) is 5. The molecule has 0 saturated heterocycles. The van der Waals surface area contributed by atoms with E-state index < -0.39 is 23.9 Å². The van der Waals surface area contributed by atoms with Crippen molar-refractivity contribution >= 4 is 17.1 Å². The van der Waals surface area contributed by atoms with Crippen LogP contribution in [-0.4, -0.2) is 47.5 Å². The van der Waals surface area contributed by atoms with Crippen LogP contribution in [0.25, 0.3) is 11.2 Å². The summed E-state index contributed by atoms with van der Waals surface area (Å²) in [5.41, 5.74) is 4.63. The minimum absolute atomic E-state index is 0.0312. The number of fused-ring (bicyclic) bond motifs is 1. The first-order valence-electron chi connectivity index (χ1n) is 5.46. The first-order chi connectivity index (χ1) is 8.90. The van der Waals surface area contributed by atoms with Crippen LogP contribution in [0.4, 0.5) is 5.95 Å². The minimum Gasteiger partial charge on any atom is -0.391 e. The molecule has 0 aromatic carbocycles. The molecule has 0 fully saturated rings. The average Bonchev–Trinajstić information content (AvgIpc) is 2.36. The number of anilines is 1. The van der Waals surface area contributed by atoms with Gasteiger partial charge in [0, 0.05) is 0 Å². The molecule has 3 atom stereocenters. The van der Waals surface area contributed by atoms with Gasteiger partial charge < -0.3 is 21.1 Å². The van der Waals surface area contributed by atoms with Crippen LogP contribution in [0, 0.1) is 0 Å². The maximum Gasteiger partial charge on any atom is 0.280 e. The molecule has 0 radical (unpaired) electrons. The Morgan fingerprint density at radius 1 is 1.32 bits per heavy atom. The lowest BCUT2D eigenvalue weighted by molar-refractivity contribution is -0.0548. The van der Waals surface area contributed by atoms with Crippen molar-refractivity contribution in [1.82, 2.24) is 19.9 Å². The van der Waals surface area contributed by atoms with Gasteiger partial charge in [0.25, 0.3) is 5.56 Å². The molecule has 0 aliphatic rings. The Morgan fingerprint density at radius 3 is 2.63 bits per heavy atom. The number of aliphatic hydroxyl groups is 3. The summed E-state index contributed by atoms with van der Waals surface area (Å²) >= 11 is 0. The molecule has 19 heavy (non-hydrogen) atoms. The summed E-state index contributed by atoms with van der Waals surface area (Å²) < 4.78 is 0. The van der Waals surface area contributed by atoms with E-state index in [-0.39, 0.29) is 22.8 Å². The molecule has 2 aromatic heterocycles. The summed E-state index contributed by atoms with van der Waals surface area (Å²) in [6.07, 6.45) is -2.90. The maximum atomic E-state index is 11.6. The van der Waals surface area contributed by atoms with Crippen molar-refractivity contribution in [3.63, 3.8) is 0 Å². The lowest BCUT2D eigenvalue weighted by Gasteiger charge is -2.19. The monoisotopic (exact) mass is 267 g/mol. The van der Waals surface area contributed by atoms with E-state index in [0.717, 1.165) is 6.20 Å². The summed E-state index contributed by atoms with van der Waals surface area (Å²) in [5.74, 6) is -0.0934. The first-order valence-corrected chi connectivity index (χ1v) is 5.46. The maximum absolute atomic E-state index is 11.6. The highest BCUT2D eigenvalue weighted by molar-refractivity contribution is 5.69. The Labute approximate surface area is 106 Å². The fraction of sp³-hybridized carbons (Fsp3) is 0.400. The van der Waals surface area contributed by atoms with Crippen LogP contribution in [0.1, 0.15) is 18.7 Å². The van der Waals surface area contributed by atoms with E-state index in [9.17, 15) is 20.1 Å². The van der Waals surface area contributed by atoms with Crippen LogP contribution in [0.2, 0.25) is 0 Å². The van der Waals surface area contributed by atoms with Gasteiger partial charge in [0.15, 0.2) is 11.2 Å². The van der Waals surface area contributed by atoms with E-state index in [4.69, 9.17) is 5.73 Å². The van der Waals surface area contributed by atoms with Crippen LogP contribution in [0.3, 0.4) is 0 Å². The zero-order chi connectivity index (χ0) is 14.2. The lowest BCUT2D eigenvalue weighted by Crippen LogP contribution is -2.30. The highest BCUT2D eigenvalue weighted by Gasteiger charge is 2.25. The molecule has 0 spiro atoms. The number of aliphatic hydroxyl groups excluding tert-OH is 3. The second kappa shape index (κ2) is 4.88. The fourth-order valence-corrected chi connectivity index (χ4v) is 1.53. The number of nitrogens with one attached hydrogen (secondary N) is 1. The summed E-state index contributed by atoms with van der Waals surface area (Å²) in [5, 5.41) is 28.5.